The van der Waals surface area contributed by atoms with E-state index in [0.29, 0.717) is 5.56 Å². The van der Waals surface area contributed by atoms with Crippen molar-refractivity contribution in [3.05, 3.63) is 29.8 Å². The lowest BCUT2D eigenvalue weighted by molar-refractivity contribution is -0.0498. The summed E-state index contributed by atoms with van der Waals surface area (Å²) in [6.45, 7) is 0.731. The third kappa shape index (κ3) is 3.31. The van der Waals surface area contributed by atoms with E-state index in [4.69, 9.17) is 0 Å². The van der Waals surface area contributed by atoms with Gasteiger partial charge in [0.15, 0.2) is 5.78 Å². The number of hydrogen-bond acceptors (Lipinski definition) is 2. The van der Waals surface area contributed by atoms with Crippen LogP contribution < -0.4 is 4.74 Å². The van der Waals surface area contributed by atoms with Gasteiger partial charge < -0.3 is 4.74 Å². The quantitative estimate of drug-likeness (QED) is 0.720. The molecule has 0 saturated carbocycles. The van der Waals surface area contributed by atoms with Gasteiger partial charge in [-0.2, -0.15) is 8.78 Å². The van der Waals surface area contributed by atoms with E-state index < -0.39 is 6.61 Å². The third-order valence-corrected chi connectivity index (χ3v) is 1.89. The molecule has 0 fully saturated rings. The van der Waals surface area contributed by atoms with Gasteiger partial charge in [0.25, 0.3) is 0 Å². The number of rotatable bonds is 4. The van der Waals surface area contributed by atoms with Crippen LogP contribution in [0.5, 0.6) is 5.75 Å². The summed E-state index contributed by atoms with van der Waals surface area (Å²) in [6, 6.07) is 5.70. The Balaban J connectivity index is 2.76. The summed E-state index contributed by atoms with van der Waals surface area (Å²) in [6.07, 6.45) is 0. The van der Waals surface area contributed by atoms with Crippen LogP contribution in [0.4, 0.5) is 8.78 Å². The maximum atomic E-state index is 11.8. The highest BCUT2D eigenvalue weighted by Crippen LogP contribution is 2.16. The van der Waals surface area contributed by atoms with Gasteiger partial charge >= 0.3 is 6.61 Å². The van der Waals surface area contributed by atoms with Crippen molar-refractivity contribution in [1.82, 2.24) is 0 Å². The van der Waals surface area contributed by atoms with Crippen molar-refractivity contribution >= 4 is 5.78 Å². The van der Waals surface area contributed by atoms with E-state index in [0.717, 1.165) is 0 Å². The lowest BCUT2D eigenvalue weighted by Gasteiger charge is -2.06. The van der Waals surface area contributed by atoms with Crippen LogP contribution in [0.1, 0.15) is 24.2 Å². The van der Waals surface area contributed by atoms with Gasteiger partial charge in [0.1, 0.15) is 5.75 Å². The number of carbonyl (C=O) groups is 1. The number of ketones is 1. The van der Waals surface area contributed by atoms with E-state index >= 15 is 0 Å². The number of ether oxygens (including phenoxy) is 1. The first kappa shape index (κ1) is 11.6. The fraction of sp³-hybridized carbons (Fsp3) is 0.364. The summed E-state index contributed by atoms with van der Waals surface area (Å²) in [4.78, 5) is 11.5. The number of benzene rings is 1. The van der Waals surface area contributed by atoms with Crippen molar-refractivity contribution in [2.45, 2.75) is 20.5 Å². The zero-order chi connectivity index (χ0) is 11.4. The molecule has 1 aromatic carbocycles. The summed E-state index contributed by atoms with van der Waals surface area (Å²) in [5.74, 6) is -0.0595. The highest BCUT2D eigenvalue weighted by atomic mass is 19.3. The summed E-state index contributed by atoms with van der Waals surface area (Å²) in [5, 5.41) is 0. The third-order valence-electron chi connectivity index (χ3n) is 1.89. The second kappa shape index (κ2) is 4.87. The van der Waals surface area contributed by atoms with Gasteiger partial charge in [-0.15, -0.1) is 0 Å². The van der Waals surface area contributed by atoms with Gasteiger partial charge in [-0.25, -0.2) is 0 Å². The van der Waals surface area contributed by atoms with Gasteiger partial charge in [0.05, 0.1) is 0 Å². The van der Waals surface area contributed by atoms with E-state index in [2.05, 4.69) is 4.74 Å². The van der Waals surface area contributed by atoms with Crippen molar-refractivity contribution in [3.8, 4) is 5.75 Å². The molecule has 2 nitrogen and oxygen atoms in total. The molecule has 0 unspecified atom stereocenters. The molecule has 82 valence electrons. The molecule has 0 atom stereocenters. The molecule has 0 saturated heterocycles. The number of hydrogen-bond donors (Lipinski definition) is 0. The molecule has 15 heavy (non-hydrogen) atoms. The number of alkyl halides is 2. The summed E-state index contributed by atoms with van der Waals surface area (Å²) < 4.78 is 27.8. The zero-order valence-corrected chi connectivity index (χ0v) is 8.54. The predicted octanol–water partition coefficient (Wildman–Crippen LogP) is 3.13. The lowest BCUT2D eigenvalue weighted by atomic mass is 10.0. The molecule has 0 N–H and O–H groups in total. The van der Waals surface area contributed by atoms with E-state index in [1.165, 1.54) is 24.3 Å². The summed E-state index contributed by atoms with van der Waals surface area (Å²) >= 11 is 0. The minimum absolute atomic E-state index is 0.0152. The first-order valence-electron chi connectivity index (χ1n) is 4.60. The summed E-state index contributed by atoms with van der Waals surface area (Å²) in [7, 11) is 0. The van der Waals surface area contributed by atoms with Gasteiger partial charge in [0, 0.05) is 11.5 Å². The first-order valence-corrected chi connectivity index (χ1v) is 4.60. The Morgan fingerprint density at radius 3 is 2.13 bits per heavy atom. The Bertz CT molecular complexity index is 331. The maximum absolute atomic E-state index is 11.8. The van der Waals surface area contributed by atoms with Crippen LogP contribution in [0.2, 0.25) is 0 Å². The average Bonchev–Trinajstić information content (AvgIpc) is 2.17. The maximum Gasteiger partial charge on any atom is 0.387 e. The lowest BCUT2D eigenvalue weighted by Crippen LogP contribution is -2.07. The van der Waals surface area contributed by atoms with Gasteiger partial charge in [0.2, 0.25) is 0 Å². The van der Waals surface area contributed by atoms with Crippen LogP contribution in [0, 0.1) is 5.92 Å². The Kier molecular flexibility index (Phi) is 3.77. The highest BCUT2D eigenvalue weighted by molar-refractivity contribution is 5.97. The molecule has 0 radical (unpaired) electrons. The molecule has 1 rings (SSSR count). The second-order valence-electron chi connectivity index (χ2n) is 3.42. The van der Waals surface area contributed by atoms with Crippen molar-refractivity contribution in [1.29, 1.82) is 0 Å². The van der Waals surface area contributed by atoms with Gasteiger partial charge in [-0.1, -0.05) is 13.8 Å². The Hall–Kier alpha value is -1.45. The van der Waals surface area contributed by atoms with Crippen LogP contribution in [0.25, 0.3) is 0 Å². The number of halogens is 2. The van der Waals surface area contributed by atoms with Crippen molar-refractivity contribution in [3.63, 3.8) is 0 Å². The molecule has 0 aliphatic carbocycles. The van der Waals surface area contributed by atoms with Crippen LogP contribution in [0.3, 0.4) is 0 Å². The first-order chi connectivity index (χ1) is 7.00. The number of carbonyl (C=O) groups excluding carboxylic acids is 1. The highest BCUT2D eigenvalue weighted by Gasteiger charge is 2.10. The van der Waals surface area contributed by atoms with Crippen LogP contribution in [0.15, 0.2) is 24.3 Å². The molecule has 0 aliphatic rings. The Morgan fingerprint density at radius 2 is 1.73 bits per heavy atom. The molecular weight excluding hydrogens is 202 g/mol. The van der Waals surface area contributed by atoms with Crippen LogP contribution >= 0.6 is 0 Å². The van der Waals surface area contributed by atoms with Gasteiger partial charge in [-0.3, -0.25) is 4.79 Å². The molecule has 1 aromatic rings. The molecule has 0 heterocycles. The molecule has 0 aliphatic heterocycles. The average molecular weight is 214 g/mol. The van der Waals surface area contributed by atoms with E-state index in [1.807, 2.05) is 0 Å². The van der Waals surface area contributed by atoms with Crippen molar-refractivity contribution in [2.24, 2.45) is 5.92 Å². The molecular formula is C11H12F2O2. The standard InChI is InChI=1S/C11H12F2O2/c1-7(2)10(14)8-3-5-9(6-4-8)15-11(12)13/h3-7,11H,1-2H3. The second-order valence-corrected chi connectivity index (χ2v) is 3.42. The van der Waals surface area contributed by atoms with E-state index in [-0.39, 0.29) is 17.5 Å². The number of Topliss-reactive ketones (excluding diaryl/α,β-unsaturated/α-hetero) is 1. The van der Waals surface area contributed by atoms with E-state index in [9.17, 15) is 13.6 Å². The Morgan fingerprint density at radius 1 is 1.20 bits per heavy atom. The van der Waals surface area contributed by atoms with Crippen LogP contribution in [-0.2, 0) is 0 Å². The molecule has 0 spiro atoms. The summed E-state index contributed by atoms with van der Waals surface area (Å²) in [5.41, 5.74) is 0.506. The topological polar surface area (TPSA) is 26.3 Å². The molecule has 4 heteroatoms. The normalized spacial score (nSPS) is 10.8. The van der Waals surface area contributed by atoms with Crippen molar-refractivity contribution < 1.29 is 18.3 Å². The molecule has 0 aromatic heterocycles. The van der Waals surface area contributed by atoms with Gasteiger partial charge in [-0.05, 0) is 24.3 Å². The minimum Gasteiger partial charge on any atom is -0.435 e. The SMILES string of the molecule is CC(C)C(=O)c1ccc(OC(F)F)cc1. The minimum atomic E-state index is -2.84. The van der Waals surface area contributed by atoms with Crippen LogP contribution in [-0.4, -0.2) is 12.4 Å². The van der Waals surface area contributed by atoms with E-state index in [1.54, 1.807) is 13.8 Å². The van der Waals surface area contributed by atoms with Crippen molar-refractivity contribution in [2.75, 3.05) is 0 Å². The monoisotopic (exact) mass is 214 g/mol. The smallest absolute Gasteiger partial charge is 0.387 e. The largest absolute Gasteiger partial charge is 0.435 e. The Labute approximate surface area is 86.9 Å². The zero-order valence-electron chi connectivity index (χ0n) is 8.54. The fourth-order valence-corrected chi connectivity index (χ4v) is 1.13. The molecule has 0 bridgehead atoms. The predicted molar refractivity (Wildman–Crippen MR) is 52.2 cm³/mol. The molecule has 0 amide bonds. The fourth-order valence-electron chi connectivity index (χ4n) is 1.13.